The Morgan fingerprint density at radius 1 is 1.30 bits per heavy atom. The summed E-state index contributed by atoms with van der Waals surface area (Å²) in [7, 11) is 5.32. The zero-order valence-electron chi connectivity index (χ0n) is 15.6. The van der Waals surface area contributed by atoms with E-state index in [1.807, 2.05) is 31.1 Å². The van der Waals surface area contributed by atoms with Crippen molar-refractivity contribution in [2.75, 3.05) is 26.1 Å². The smallest absolute Gasteiger partial charge is 0.337 e. The van der Waals surface area contributed by atoms with Crippen molar-refractivity contribution in [3.05, 3.63) is 47.6 Å². The zero-order valence-corrected chi connectivity index (χ0v) is 16.3. The fourth-order valence-electron chi connectivity index (χ4n) is 2.98. The predicted molar refractivity (Wildman–Crippen MR) is 109 cm³/mol. The van der Waals surface area contributed by atoms with Gasteiger partial charge in [-0.2, -0.15) is 4.98 Å². The Balaban J connectivity index is 2.30. The van der Waals surface area contributed by atoms with Gasteiger partial charge in [0.05, 0.1) is 23.2 Å². The number of benzene rings is 1. The molecule has 0 aliphatic carbocycles. The first-order valence-electron chi connectivity index (χ1n) is 8.21. The number of methoxy groups -OCH3 is 1. The molecule has 3 rings (SSSR count). The number of hydrogen-bond acceptors (Lipinski definition) is 4. The van der Waals surface area contributed by atoms with Gasteiger partial charge in [0.1, 0.15) is 5.82 Å². The fourth-order valence-corrected chi connectivity index (χ4v) is 3.24. The Kier molecular flexibility index (Phi) is 4.85. The molecule has 7 heteroatoms. The quantitative estimate of drug-likeness (QED) is 0.694. The number of hydrogen-bond donors (Lipinski definition) is 1. The van der Waals surface area contributed by atoms with Crippen molar-refractivity contribution >= 4 is 40.0 Å². The molecule has 27 heavy (non-hydrogen) atoms. The second kappa shape index (κ2) is 6.96. The molecule has 140 valence electrons. The van der Waals surface area contributed by atoms with Crippen LogP contribution in [0.25, 0.3) is 27.7 Å². The topological polar surface area (TPSA) is 67.6 Å². The van der Waals surface area contributed by atoms with Gasteiger partial charge in [-0.1, -0.05) is 18.2 Å². The molecule has 0 atom stereocenters. The molecule has 0 unspecified atom stereocenters. The second-order valence-electron chi connectivity index (χ2n) is 6.42. The molecule has 1 aromatic carbocycles. The Hall–Kier alpha value is -2.99. The van der Waals surface area contributed by atoms with E-state index in [-0.39, 0.29) is 5.56 Å². The summed E-state index contributed by atoms with van der Waals surface area (Å²) >= 11 is 6.55. The van der Waals surface area contributed by atoms with Crippen molar-refractivity contribution < 1.29 is 14.6 Å². The minimum absolute atomic E-state index is 0.183. The molecule has 2 aromatic heterocycles. The molecular formula is C20H20ClN3O3. The molecule has 6 nitrogen and oxygen atoms in total. The molecule has 0 spiro atoms. The van der Waals surface area contributed by atoms with E-state index in [9.17, 15) is 9.90 Å². The molecule has 0 aliphatic rings. The van der Waals surface area contributed by atoms with E-state index in [1.165, 1.54) is 7.11 Å². The van der Waals surface area contributed by atoms with Crippen molar-refractivity contribution in [1.29, 1.82) is 0 Å². The first kappa shape index (κ1) is 18.8. The van der Waals surface area contributed by atoms with Crippen LogP contribution in [0.15, 0.2) is 37.0 Å². The molecule has 0 saturated heterocycles. The van der Waals surface area contributed by atoms with Gasteiger partial charge in [-0.05, 0) is 31.2 Å². The highest BCUT2D eigenvalue weighted by molar-refractivity contribution is 6.34. The Morgan fingerprint density at radius 3 is 2.56 bits per heavy atom. The minimum Gasteiger partial charge on any atom is -0.480 e. The van der Waals surface area contributed by atoms with Crippen LogP contribution >= 0.6 is 11.6 Å². The van der Waals surface area contributed by atoms with Crippen molar-refractivity contribution in [3.63, 3.8) is 0 Å². The van der Waals surface area contributed by atoms with Crippen LogP contribution in [0.2, 0.25) is 5.02 Å². The van der Waals surface area contributed by atoms with Crippen molar-refractivity contribution in [1.82, 2.24) is 9.55 Å². The summed E-state index contributed by atoms with van der Waals surface area (Å²) in [6, 6.07) is 7.22. The molecule has 0 fully saturated rings. The van der Waals surface area contributed by atoms with Crippen LogP contribution in [-0.2, 0) is 0 Å². The second-order valence-corrected chi connectivity index (χ2v) is 6.83. The van der Waals surface area contributed by atoms with E-state index in [4.69, 9.17) is 16.3 Å². The number of fused-ring (bicyclic) bond motifs is 1. The molecule has 0 saturated carbocycles. The number of ether oxygens (including phenoxy) is 1. The number of nitrogens with zero attached hydrogens (tertiary/aromatic N) is 3. The normalized spacial score (nSPS) is 10.9. The van der Waals surface area contributed by atoms with Crippen LogP contribution in [-0.4, -0.2) is 41.8 Å². The Bertz CT molecular complexity index is 1070. The van der Waals surface area contributed by atoms with Gasteiger partial charge >= 0.3 is 5.97 Å². The average molecular weight is 386 g/mol. The number of anilines is 1. The van der Waals surface area contributed by atoms with Crippen molar-refractivity contribution in [2.24, 2.45) is 0 Å². The summed E-state index contributed by atoms with van der Waals surface area (Å²) in [5.74, 6) is 0.146. The average Bonchev–Trinajstić information content (AvgIpc) is 2.99. The monoisotopic (exact) mass is 385 g/mol. The van der Waals surface area contributed by atoms with Crippen LogP contribution in [0.4, 0.5) is 5.82 Å². The molecular weight excluding hydrogens is 366 g/mol. The number of carboxylic acid groups (broad SMARTS) is 1. The summed E-state index contributed by atoms with van der Waals surface area (Å²) in [4.78, 5) is 18.1. The van der Waals surface area contributed by atoms with Crippen LogP contribution in [0.1, 0.15) is 17.3 Å². The number of aromatic carboxylic acids is 1. The van der Waals surface area contributed by atoms with Gasteiger partial charge < -0.3 is 19.3 Å². The molecule has 0 bridgehead atoms. The standard InChI is InChI=1S/C20H20ClN3O3/c1-11(2)24-10-15(20(25)26)14-8-13(16(21)9-17(14)24)12-6-7-18(23(3)4)22-19(12)27-5/h6-10H,1H2,2-5H3,(H,25,26). The number of carboxylic acids is 1. The lowest BCUT2D eigenvalue weighted by Crippen LogP contribution is -2.11. The maximum absolute atomic E-state index is 11.7. The van der Waals surface area contributed by atoms with Crippen LogP contribution < -0.4 is 9.64 Å². The lowest BCUT2D eigenvalue weighted by atomic mass is 10.0. The summed E-state index contributed by atoms with van der Waals surface area (Å²) in [5, 5.41) is 10.6. The number of pyridine rings is 1. The first-order chi connectivity index (χ1) is 12.7. The maximum Gasteiger partial charge on any atom is 0.337 e. The molecule has 0 amide bonds. The lowest BCUT2D eigenvalue weighted by Gasteiger charge is -2.15. The van der Waals surface area contributed by atoms with E-state index in [2.05, 4.69) is 11.6 Å². The highest BCUT2D eigenvalue weighted by atomic mass is 35.5. The lowest BCUT2D eigenvalue weighted by molar-refractivity contribution is 0.0699. The number of carbonyl (C=O) groups is 1. The van der Waals surface area contributed by atoms with Crippen molar-refractivity contribution in [2.45, 2.75) is 6.92 Å². The fraction of sp³-hybridized carbons (Fsp3) is 0.200. The number of allylic oxidation sites excluding steroid dienone is 1. The SMILES string of the molecule is C=C(C)n1cc(C(=O)O)c2cc(-c3ccc(N(C)C)nc3OC)c(Cl)cc21. The van der Waals surface area contributed by atoms with Gasteiger partial charge in [0, 0.05) is 42.5 Å². The van der Waals surface area contributed by atoms with Gasteiger partial charge in [0.25, 0.3) is 0 Å². The van der Waals surface area contributed by atoms with Crippen LogP contribution in [0.3, 0.4) is 0 Å². The molecule has 0 aliphatic heterocycles. The highest BCUT2D eigenvalue weighted by Gasteiger charge is 2.19. The Morgan fingerprint density at radius 2 is 2.00 bits per heavy atom. The third-order valence-electron chi connectivity index (χ3n) is 4.32. The minimum atomic E-state index is -1.01. The zero-order chi connectivity index (χ0) is 19.9. The van der Waals surface area contributed by atoms with E-state index >= 15 is 0 Å². The van der Waals surface area contributed by atoms with Gasteiger partial charge in [-0.25, -0.2) is 4.79 Å². The van der Waals surface area contributed by atoms with Gasteiger partial charge in [-0.15, -0.1) is 0 Å². The predicted octanol–water partition coefficient (Wildman–Crippen LogP) is 4.62. The largest absolute Gasteiger partial charge is 0.480 e. The first-order valence-corrected chi connectivity index (χ1v) is 8.59. The summed E-state index contributed by atoms with van der Waals surface area (Å²) in [5.41, 5.74) is 2.91. The van der Waals surface area contributed by atoms with E-state index in [0.29, 0.717) is 38.6 Å². The van der Waals surface area contributed by atoms with E-state index in [1.54, 1.807) is 29.8 Å². The number of halogens is 1. The molecule has 2 heterocycles. The summed E-state index contributed by atoms with van der Waals surface area (Å²) in [6.45, 7) is 5.71. The molecule has 3 aromatic rings. The van der Waals surface area contributed by atoms with E-state index < -0.39 is 5.97 Å². The van der Waals surface area contributed by atoms with Crippen LogP contribution in [0.5, 0.6) is 5.88 Å². The van der Waals surface area contributed by atoms with Gasteiger partial charge in [0.15, 0.2) is 0 Å². The Labute approximate surface area is 162 Å². The molecule has 1 N–H and O–H groups in total. The summed E-state index contributed by atoms with van der Waals surface area (Å²) in [6.07, 6.45) is 1.56. The molecule has 0 radical (unpaired) electrons. The number of rotatable bonds is 5. The van der Waals surface area contributed by atoms with Gasteiger partial charge in [0.2, 0.25) is 5.88 Å². The van der Waals surface area contributed by atoms with E-state index in [0.717, 1.165) is 5.82 Å². The summed E-state index contributed by atoms with van der Waals surface area (Å²) < 4.78 is 7.17. The van der Waals surface area contributed by atoms with Gasteiger partial charge in [-0.3, -0.25) is 0 Å². The van der Waals surface area contributed by atoms with Crippen LogP contribution in [0, 0.1) is 0 Å². The highest BCUT2D eigenvalue weighted by Crippen LogP contribution is 2.39. The van der Waals surface area contributed by atoms with Crippen molar-refractivity contribution in [3.8, 4) is 17.0 Å². The number of aromatic nitrogens is 2. The third-order valence-corrected chi connectivity index (χ3v) is 4.63. The third kappa shape index (κ3) is 3.24. The maximum atomic E-state index is 11.7.